The average molecular weight is 616 g/mol. The molecule has 6 N–H and O–H groups in total. The summed E-state index contributed by atoms with van der Waals surface area (Å²) in [5.74, 6) is -2.87. The Morgan fingerprint density at radius 2 is 1.12 bits per heavy atom. The molecule has 0 aromatic heterocycles. The highest BCUT2D eigenvalue weighted by molar-refractivity contribution is 5.90. The zero-order valence-corrected chi connectivity index (χ0v) is 26.1. The van der Waals surface area contributed by atoms with E-state index in [4.69, 9.17) is 15.2 Å². The molecule has 43 heavy (non-hydrogen) atoms. The third-order valence-corrected chi connectivity index (χ3v) is 7.47. The minimum Gasteiger partial charge on any atom is -0.505 e. The number of aliphatic hydroxyl groups is 4. The number of Topliss-reactive ketones (excluding diaryl/α,β-unsaturated/α-hetero) is 1. The lowest BCUT2D eigenvalue weighted by atomic mass is 10.0. The second kappa shape index (κ2) is 21.8. The second-order valence-corrected chi connectivity index (χ2v) is 10.9. The predicted octanol–water partition coefficient (Wildman–Crippen LogP) is 4.17. The number of nitrogens with two attached hydrogens (primary N) is 1. The summed E-state index contributed by atoms with van der Waals surface area (Å²) in [6.07, 6.45) is 12.9. The number of ketones is 1. The van der Waals surface area contributed by atoms with Crippen LogP contribution in [-0.4, -0.2) is 83.3 Å². The smallest absolute Gasteiger partial charge is 0.378 e. The Balaban J connectivity index is 0.000000589. The van der Waals surface area contributed by atoms with Crippen molar-refractivity contribution in [2.75, 3.05) is 20.8 Å². The van der Waals surface area contributed by atoms with E-state index in [2.05, 4.69) is 16.4 Å². The van der Waals surface area contributed by atoms with E-state index in [1.54, 1.807) is 0 Å². The fourth-order valence-corrected chi connectivity index (χ4v) is 4.86. The van der Waals surface area contributed by atoms with Gasteiger partial charge in [0.2, 0.25) is 11.5 Å². The number of carbonyl (C=O) groups excluding carboxylic acids is 3. The Hall–Kier alpha value is -2.83. The van der Waals surface area contributed by atoms with Crippen molar-refractivity contribution in [2.24, 2.45) is 5.73 Å². The normalized spacial score (nSPS) is 19.5. The Bertz CT molecular complexity index is 917. The van der Waals surface area contributed by atoms with E-state index >= 15 is 0 Å². The molecular formula is C31H53NO11. The van der Waals surface area contributed by atoms with Gasteiger partial charge in [0.05, 0.1) is 20.3 Å². The molecule has 4 atom stereocenters. The number of rotatable bonds is 22. The van der Waals surface area contributed by atoms with Crippen molar-refractivity contribution in [3.05, 3.63) is 23.0 Å². The van der Waals surface area contributed by atoms with Gasteiger partial charge in [-0.25, -0.2) is 9.59 Å². The summed E-state index contributed by atoms with van der Waals surface area (Å²) in [6, 6.07) is 0. The Morgan fingerprint density at radius 1 is 0.721 bits per heavy atom. The molecule has 2 aliphatic rings. The molecule has 12 nitrogen and oxygen atoms in total. The highest BCUT2D eigenvalue weighted by atomic mass is 16.6. The number of ether oxygens (including phenoxy) is 4. The van der Waals surface area contributed by atoms with E-state index in [9.17, 15) is 34.8 Å². The molecule has 0 aromatic carbocycles. The van der Waals surface area contributed by atoms with Crippen LogP contribution < -0.4 is 5.73 Å². The van der Waals surface area contributed by atoms with Crippen LogP contribution in [0.15, 0.2) is 23.0 Å². The molecule has 2 rings (SSSR count). The zero-order chi connectivity index (χ0) is 32.2. The van der Waals surface area contributed by atoms with E-state index in [-0.39, 0.29) is 36.7 Å². The molecular weight excluding hydrogens is 562 g/mol. The van der Waals surface area contributed by atoms with Crippen molar-refractivity contribution < 1.29 is 53.8 Å². The van der Waals surface area contributed by atoms with Gasteiger partial charge in [-0.2, -0.15) is 0 Å². The van der Waals surface area contributed by atoms with Crippen molar-refractivity contribution in [3.8, 4) is 0 Å². The molecule has 0 amide bonds. The fourth-order valence-electron chi connectivity index (χ4n) is 4.86. The number of unbranched alkanes of at least 4 members (excludes halogenated alkanes) is 12. The van der Waals surface area contributed by atoms with Gasteiger partial charge in [-0.3, -0.25) is 4.79 Å². The number of hydrogen-bond donors (Lipinski definition) is 5. The third-order valence-electron chi connectivity index (χ3n) is 7.47. The first kappa shape index (κ1) is 38.2. The molecule has 0 unspecified atom stereocenters. The lowest BCUT2D eigenvalue weighted by Gasteiger charge is -2.16. The summed E-state index contributed by atoms with van der Waals surface area (Å²) < 4.78 is 18.8. The number of hydrogen-bond acceptors (Lipinski definition) is 12. The van der Waals surface area contributed by atoms with E-state index in [1.807, 2.05) is 0 Å². The summed E-state index contributed by atoms with van der Waals surface area (Å²) in [7, 11) is 2.48. The van der Waals surface area contributed by atoms with Crippen LogP contribution in [0.1, 0.15) is 110 Å². The minimum absolute atomic E-state index is 0.0943. The van der Waals surface area contributed by atoms with Crippen molar-refractivity contribution in [2.45, 2.75) is 134 Å². The monoisotopic (exact) mass is 615 g/mol. The quantitative estimate of drug-likeness (QED) is 0.0863. The molecule has 0 radical (unpaired) electrons. The molecule has 2 aliphatic heterocycles. The largest absolute Gasteiger partial charge is 0.505 e. The van der Waals surface area contributed by atoms with Crippen molar-refractivity contribution in [1.29, 1.82) is 0 Å². The van der Waals surface area contributed by atoms with Crippen LogP contribution in [0.25, 0.3) is 0 Å². The maximum atomic E-state index is 12.0. The van der Waals surface area contributed by atoms with E-state index in [0.29, 0.717) is 6.42 Å². The highest BCUT2D eigenvalue weighted by Gasteiger charge is 2.40. The standard InChI is InChI=1S/C24H42O6.C7H11NO5/c1-3-4-5-6-7-8-9-10-11-12-13-14-15-16-19(25)17-18-20(26)22-21(27)23(29-2)24(28)30-22;1-12-6-4(10)5(3(9)2-8)13-7(6)11/h20,22,26-27H,3-18H2,1-2H3;3,5,9-10H,2,8H2,1H3/t20-,22+;3-,5+/m00/s1. The Labute approximate surface area is 255 Å². The van der Waals surface area contributed by atoms with Gasteiger partial charge in [0.15, 0.2) is 23.7 Å². The predicted molar refractivity (Wildman–Crippen MR) is 159 cm³/mol. The number of methoxy groups -OCH3 is 2. The molecule has 0 bridgehead atoms. The van der Waals surface area contributed by atoms with E-state index < -0.39 is 47.9 Å². The SMILES string of the molecule is CCCCCCCCCCCCCCCC(=O)CC[C@H](O)[C@H]1OC(=O)C(OC)=C1O.COC1=C(O)[C@@H]([C@@H](O)CN)OC1=O. The first-order chi connectivity index (χ1) is 20.6. The zero-order valence-electron chi connectivity index (χ0n) is 26.1. The number of esters is 2. The van der Waals surface area contributed by atoms with Crippen LogP contribution in [-0.2, 0) is 33.3 Å². The van der Waals surface area contributed by atoms with Crippen LogP contribution in [0.5, 0.6) is 0 Å². The van der Waals surface area contributed by atoms with E-state index in [1.165, 1.54) is 84.8 Å². The van der Waals surface area contributed by atoms with Gasteiger partial charge >= 0.3 is 11.9 Å². The summed E-state index contributed by atoms with van der Waals surface area (Å²) in [5, 5.41) is 38.5. The molecule has 12 heteroatoms. The molecule has 0 saturated heterocycles. The lowest BCUT2D eigenvalue weighted by Crippen LogP contribution is -2.35. The fraction of sp³-hybridized carbons (Fsp3) is 0.774. The van der Waals surface area contributed by atoms with E-state index in [0.717, 1.165) is 12.8 Å². The second-order valence-electron chi connectivity index (χ2n) is 10.9. The average Bonchev–Trinajstić information content (AvgIpc) is 3.46. The van der Waals surface area contributed by atoms with Gasteiger partial charge < -0.3 is 45.1 Å². The number of carbonyl (C=O) groups is 3. The van der Waals surface area contributed by atoms with Crippen molar-refractivity contribution in [1.82, 2.24) is 0 Å². The van der Waals surface area contributed by atoms with Gasteiger partial charge in [0.25, 0.3) is 0 Å². The summed E-state index contributed by atoms with van der Waals surface area (Å²) >= 11 is 0. The van der Waals surface area contributed by atoms with Gasteiger partial charge in [-0.15, -0.1) is 0 Å². The van der Waals surface area contributed by atoms with Crippen LogP contribution >= 0.6 is 0 Å². The van der Waals surface area contributed by atoms with Gasteiger partial charge in [0, 0.05) is 19.4 Å². The molecule has 0 fully saturated rings. The molecule has 0 saturated carbocycles. The molecule has 2 heterocycles. The summed E-state index contributed by atoms with van der Waals surface area (Å²) in [6.45, 7) is 2.14. The number of aliphatic hydroxyl groups excluding tert-OH is 4. The molecule has 0 aliphatic carbocycles. The minimum atomic E-state index is -1.14. The van der Waals surface area contributed by atoms with Crippen LogP contribution in [0.2, 0.25) is 0 Å². The topological polar surface area (TPSA) is 195 Å². The summed E-state index contributed by atoms with van der Waals surface area (Å²) in [4.78, 5) is 34.4. The van der Waals surface area contributed by atoms with Crippen molar-refractivity contribution in [3.63, 3.8) is 0 Å². The van der Waals surface area contributed by atoms with Gasteiger partial charge in [-0.05, 0) is 12.8 Å². The Kier molecular flexibility index (Phi) is 19.4. The molecule has 0 spiro atoms. The maximum absolute atomic E-state index is 12.0. The highest BCUT2D eigenvalue weighted by Crippen LogP contribution is 2.26. The first-order valence-corrected chi connectivity index (χ1v) is 15.6. The van der Waals surface area contributed by atoms with Crippen LogP contribution in [0.3, 0.4) is 0 Å². The van der Waals surface area contributed by atoms with Gasteiger partial charge in [-0.1, -0.05) is 84.0 Å². The lowest BCUT2D eigenvalue weighted by molar-refractivity contribution is -0.147. The molecule has 0 aromatic rings. The van der Waals surface area contributed by atoms with Crippen LogP contribution in [0, 0.1) is 0 Å². The Morgan fingerprint density at radius 3 is 1.49 bits per heavy atom. The third kappa shape index (κ3) is 13.6. The summed E-state index contributed by atoms with van der Waals surface area (Å²) in [5.41, 5.74) is 5.13. The maximum Gasteiger partial charge on any atom is 0.378 e. The number of cyclic esters (lactones) is 2. The first-order valence-electron chi connectivity index (χ1n) is 15.6. The van der Waals surface area contributed by atoms with Crippen molar-refractivity contribution >= 4 is 17.7 Å². The molecule has 248 valence electrons. The van der Waals surface area contributed by atoms with Crippen LogP contribution in [0.4, 0.5) is 0 Å². The van der Waals surface area contributed by atoms with Gasteiger partial charge in [0.1, 0.15) is 11.9 Å².